The van der Waals surface area contributed by atoms with Crippen molar-refractivity contribution >= 4 is 0 Å². The van der Waals surface area contributed by atoms with Crippen LogP contribution in [0.4, 0.5) is 0 Å². The number of rotatable bonds is 10. The molecule has 1 aliphatic rings. The van der Waals surface area contributed by atoms with Crippen molar-refractivity contribution in [1.29, 1.82) is 0 Å². The zero-order chi connectivity index (χ0) is 18.1. The van der Waals surface area contributed by atoms with Crippen molar-refractivity contribution in [3.8, 4) is 0 Å². The molecule has 0 amide bonds. The predicted octanol–water partition coefficient (Wildman–Crippen LogP) is 3.77. The van der Waals surface area contributed by atoms with Crippen molar-refractivity contribution in [1.82, 2.24) is 0 Å². The van der Waals surface area contributed by atoms with Crippen molar-refractivity contribution in [2.75, 3.05) is 13.2 Å². The highest BCUT2D eigenvalue weighted by Gasteiger charge is 2.35. The maximum Gasteiger partial charge on any atom is 0.0654 e. The molecule has 0 spiro atoms. The predicted molar refractivity (Wildman–Crippen MR) is 105 cm³/mol. The van der Waals surface area contributed by atoms with Crippen LogP contribution >= 0.6 is 0 Å². The highest BCUT2D eigenvalue weighted by atomic mass is 16.3. The van der Waals surface area contributed by atoms with Crippen LogP contribution in [-0.4, -0.2) is 29.0 Å². The van der Waals surface area contributed by atoms with Crippen LogP contribution in [0.25, 0.3) is 0 Å². The summed E-state index contributed by atoms with van der Waals surface area (Å²) in [7, 11) is 0. The van der Waals surface area contributed by atoms with Gasteiger partial charge < -0.3 is 15.9 Å². The Kier molecular flexibility index (Phi) is 8.41. The van der Waals surface area contributed by atoms with Crippen LogP contribution in [0, 0.1) is 5.92 Å². The minimum absolute atomic E-state index is 0.146. The molecule has 0 saturated carbocycles. The second-order valence-electron chi connectivity index (χ2n) is 7.96. The molecule has 0 fully saturated rings. The molecular weight excluding hydrogens is 310 g/mol. The molecule has 0 radical (unpaired) electrons. The number of unbranched alkanes of at least 4 members (excludes halogenated alkanes) is 5. The van der Waals surface area contributed by atoms with Crippen molar-refractivity contribution in [3.05, 3.63) is 34.9 Å². The van der Waals surface area contributed by atoms with E-state index in [-0.39, 0.29) is 19.1 Å². The summed E-state index contributed by atoms with van der Waals surface area (Å²) in [5.41, 5.74) is 9.64. The first-order valence-corrected chi connectivity index (χ1v) is 10.2. The van der Waals surface area contributed by atoms with Gasteiger partial charge in [-0.25, -0.2) is 0 Å². The van der Waals surface area contributed by atoms with E-state index in [4.69, 9.17) is 5.73 Å². The molecule has 1 aliphatic carbocycles. The van der Waals surface area contributed by atoms with Gasteiger partial charge in [0.05, 0.1) is 18.8 Å². The molecule has 0 bridgehead atoms. The van der Waals surface area contributed by atoms with E-state index < -0.39 is 5.54 Å². The molecule has 3 nitrogen and oxygen atoms in total. The Hall–Kier alpha value is -0.900. The summed E-state index contributed by atoms with van der Waals surface area (Å²) in [6.07, 6.45) is 13.2. The lowest BCUT2D eigenvalue weighted by Gasteiger charge is -2.34. The van der Waals surface area contributed by atoms with Gasteiger partial charge in [-0.15, -0.1) is 0 Å². The minimum atomic E-state index is -0.862. The van der Waals surface area contributed by atoms with Gasteiger partial charge in [0, 0.05) is 0 Å². The van der Waals surface area contributed by atoms with E-state index in [1.165, 1.54) is 61.6 Å². The average Bonchev–Trinajstić information content (AvgIpc) is 2.86. The third kappa shape index (κ3) is 5.80. The summed E-state index contributed by atoms with van der Waals surface area (Å²) in [6.45, 7) is 1.95. The maximum atomic E-state index is 9.61. The zero-order valence-corrected chi connectivity index (χ0v) is 16.0. The second-order valence-corrected chi connectivity index (χ2v) is 7.96. The first kappa shape index (κ1) is 20.4. The maximum absolute atomic E-state index is 9.61. The highest BCUT2D eigenvalue weighted by Crippen LogP contribution is 2.31. The molecule has 1 aromatic carbocycles. The monoisotopic (exact) mass is 347 g/mol. The number of fused-ring (bicyclic) bond motifs is 1. The summed E-state index contributed by atoms with van der Waals surface area (Å²) >= 11 is 0. The normalized spacial score (nSPS) is 18.0. The average molecular weight is 348 g/mol. The number of hydrogen-bond acceptors (Lipinski definition) is 3. The van der Waals surface area contributed by atoms with Crippen molar-refractivity contribution in [2.24, 2.45) is 11.7 Å². The van der Waals surface area contributed by atoms with Crippen LogP contribution in [0.15, 0.2) is 18.2 Å². The lowest BCUT2D eigenvalue weighted by molar-refractivity contribution is 0.0713. The molecule has 1 atom stereocenters. The van der Waals surface area contributed by atoms with Gasteiger partial charge in [0.15, 0.2) is 0 Å². The van der Waals surface area contributed by atoms with Gasteiger partial charge in [0.2, 0.25) is 0 Å². The molecule has 2 rings (SSSR count). The quantitative estimate of drug-likeness (QED) is 0.446. The Labute approximate surface area is 153 Å². The van der Waals surface area contributed by atoms with E-state index in [2.05, 4.69) is 25.1 Å². The zero-order valence-electron chi connectivity index (χ0n) is 16.0. The van der Waals surface area contributed by atoms with Crippen LogP contribution in [0.3, 0.4) is 0 Å². The lowest BCUT2D eigenvalue weighted by Crippen LogP contribution is -2.54. The molecular formula is C22H37NO2. The van der Waals surface area contributed by atoms with Gasteiger partial charge in [-0.05, 0) is 61.1 Å². The van der Waals surface area contributed by atoms with E-state index in [9.17, 15) is 10.2 Å². The number of benzene rings is 1. The number of aryl methyl sites for hydroxylation is 2. The Bertz CT molecular complexity index is 511. The molecule has 4 N–H and O–H groups in total. The highest BCUT2D eigenvalue weighted by molar-refractivity contribution is 5.34. The Morgan fingerprint density at radius 2 is 1.76 bits per heavy atom. The fourth-order valence-corrected chi connectivity index (χ4v) is 4.08. The van der Waals surface area contributed by atoms with E-state index in [1.54, 1.807) is 0 Å². The summed E-state index contributed by atoms with van der Waals surface area (Å²) in [5, 5.41) is 19.2. The largest absolute Gasteiger partial charge is 0.394 e. The number of hydrogen-bond donors (Lipinski definition) is 3. The van der Waals surface area contributed by atoms with Gasteiger partial charge in [-0.2, -0.15) is 0 Å². The van der Waals surface area contributed by atoms with Crippen LogP contribution < -0.4 is 5.73 Å². The SMILES string of the molecule is CCCCCCCCc1ccc2c(c1)CCC[C@H](C(N)(CO)CO)C2. The number of aliphatic hydroxyl groups is 2. The van der Waals surface area contributed by atoms with Gasteiger partial charge in [-0.1, -0.05) is 57.2 Å². The second kappa shape index (κ2) is 10.3. The third-order valence-electron chi connectivity index (χ3n) is 5.96. The molecule has 1 aromatic rings. The van der Waals surface area contributed by atoms with Crippen molar-refractivity contribution in [3.63, 3.8) is 0 Å². The van der Waals surface area contributed by atoms with E-state index in [0.717, 1.165) is 25.7 Å². The van der Waals surface area contributed by atoms with Gasteiger partial charge in [-0.3, -0.25) is 0 Å². The van der Waals surface area contributed by atoms with Crippen LogP contribution in [0.5, 0.6) is 0 Å². The molecule has 0 unspecified atom stereocenters. The van der Waals surface area contributed by atoms with Crippen molar-refractivity contribution in [2.45, 2.75) is 83.1 Å². The fourth-order valence-electron chi connectivity index (χ4n) is 4.08. The minimum Gasteiger partial charge on any atom is -0.394 e. The van der Waals surface area contributed by atoms with E-state index in [1.807, 2.05) is 0 Å². The van der Waals surface area contributed by atoms with E-state index in [0.29, 0.717) is 0 Å². The topological polar surface area (TPSA) is 66.5 Å². The van der Waals surface area contributed by atoms with Gasteiger partial charge >= 0.3 is 0 Å². The lowest BCUT2D eigenvalue weighted by atomic mass is 9.80. The Balaban J connectivity index is 1.93. The summed E-state index contributed by atoms with van der Waals surface area (Å²) in [6, 6.07) is 6.92. The Morgan fingerprint density at radius 3 is 2.48 bits per heavy atom. The summed E-state index contributed by atoms with van der Waals surface area (Å²) in [5.74, 6) is 0.146. The molecule has 0 saturated heterocycles. The molecule has 0 aliphatic heterocycles. The van der Waals surface area contributed by atoms with Crippen LogP contribution in [0.2, 0.25) is 0 Å². The summed E-state index contributed by atoms with van der Waals surface area (Å²) < 4.78 is 0. The summed E-state index contributed by atoms with van der Waals surface area (Å²) in [4.78, 5) is 0. The molecule has 25 heavy (non-hydrogen) atoms. The molecule has 0 aromatic heterocycles. The first-order valence-electron chi connectivity index (χ1n) is 10.2. The van der Waals surface area contributed by atoms with Crippen LogP contribution in [0.1, 0.15) is 75.0 Å². The number of aliphatic hydroxyl groups excluding tert-OH is 2. The molecule has 142 valence electrons. The van der Waals surface area contributed by atoms with Crippen LogP contribution in [-0.2, 0) is 19.3 Å². The first-order chi connectivity index (χ1) is 12.1. The third-order valence-corrected chi connectivity index (χ3v) is 5.96. The van der Waals surface area contributed by atoms with Gasteiger partial charge in [0.1, 0.15) is 0 Å². The van der Waals surface area contributed by atoms with Gasteiger partial charge in [0.25, 0.3) is 0 Å². The van der Waals surface area contributed by atoms with E-state index >= 15 is 0 Å². The number of nitrogens with two attached hydrogens (primary N) is 1. The van der Waals surface area contributed by atoms with Crippen molar-refractivity contribution < 1.29 is 10.2 Å². The standard InChI is InChI=1S/C22H37NO2/c1-2-3-4-5-6-7-9-18-12-13-20-15-21(22(23,16-24)17-25)11-8-10-19(20)14-18/h12-14,21,24-25H,2-11,15-17,23H2,1H3/t21-/m0/s1. The molecule has 0 heterocycles. The molecule has 3 heteroatoms. The fraction of sp³-hybridized carbons (Fsp3) is 0.727. The Morgan fingerprint density at radius 1 is 1.04 bits per heavy atom. The smallest absolute Gasteiger partial charge is 0.0654 e.